The molecule has 2 aliphatic rings. The molecule has 0 aromatic carbocycles. The zero-order chi connectivity index (χ0) is 19.8. The molecule has 0 radical (unpaired) electrons. The molecule has 3 rings (SSSR count). The lowest BCUT2D eigenvalue weighted by Crippen LogP contribution is -2.45. The molecule has 154 valence electrons. The van der Waals surface area contributed by atoms with Crippen molar-refractivity contribution in [3.63, 3.8) is 0 Å². The maximum Gasteiger partial charge on any atom is 0.274 e. The Morgan fingerprint density at radius 3 is 2.32 bits per heavy atom. The molecule has 2 saturated heterocycles. The molecular formula is C19H29N5O4. The minimum Gasteiger partial charge on any atom is -0.379 e. The highest BCUT2D eigenvalue weighted by molar-refractivity contribution is 5.92. The van der Waals surface area contributed by atoms with E-state index in [1.54, 1.807) is 16.0 Å². The first kappa shape index (κ1) is 20.6. The summed E-state index contributed by atoms with van der Waals surface area (Å²) < 4.78 is 10.7. The fourth-order valence-corrected chi connectivity index (χ4v) is 3.27. The van der Waals surface area contributed by atoms with Gasteiger partial charge in [0.05, 0.1) is 38.3 Å². The molecule has 1 aromatic rings. The lowest BCUT2D eigenvalue weighted by Gasteiger charge is -2.31. The summed E-state index contributed by atoms with van der Waals surface area (Å²) in [7, 11) is 0. The summed E-state index contributed by atoms with van der Waals surface area (Å²) in [5.41, 5.74) is 1.07. The number of hydrogen-bond donors (Lipinski definition) is 0. The first-order chi connectivity index (χ1) is 13.6. The molecule has 9 heteroatoms. The van der Waals surface area contributed by atoms with Crippen molar-refractivity contribution in [2.45, 2.75) is 13.3 Å². The number of carbonyl (C=O) groups is 2. The van der Waals surface area contributed by atoms with E-state index in [-0.39, 0.29) is 11.8 Å². The number of rotatable bonds is 7. The topological polar surface area (TPSA) is 88.1 Å². The molecule has 3 heterocycles. The number of carbonyl (C=O) groups excluding carboxylic acids is 2. The lowest BCUT2D eigenvalue weighted by molar-refractivity contribution is -0.135. The highest BCUT2D eigenvalue weighted by Crippen LogP contribution is 2.07. The van der Waals surface area contributed by atoms with Crippen LogP contribution in [0.4, 0.5) is 0 Å². The van der Waals surface area contributed by atoms with E-state index < -0.39 is 0 Å². The molecule has 2 amide bonds. The predicted octanol–water partition coefficient (Wildman–Crippen LogP) is -0.192. The minimum atomic E-state index is -0.185. The van der Waals surface area contributed by atoms with Gasteiger partial charge in [0.1, 0.15) is 5.69 Å². The Bertz CT molecular complexity index is 642. The second kappa shape index (κ2) is 10.4. The largest absolute Gasteiger partial charge is 0.379 e. The summed E-state index contributed by atoms with van der Waals surface area (Å²) in [5, 5.41) is 0. The van der Waals surface area contributed by atoms with Gasteiger partial charge in [-0.2, -0.15) is 0 Å². The third-order valence-electron chi connectivity index (χ3n) is 5.04. The number of ether oxygens (including phenoxy) is 2. The van der Waals surface area contributed by atoms with E-state index in [0.29, 0.717) is 64.7 Å². The van der Waals surface area contributed by atoms with Gasteiger partial charge in [-0.3, -0.25) is 19.5 Å². The van der Waals surface area contributed by atoms with E-state index in [4.69, 9.17) is 9.47 Å². The van der Waals surface area contributed by atoms with Crippen LogP contribution in [-0.4, -0.2) is 109 Å². The second-order valence-electron chi connectivity index (χ2n) is 7.03. The molecular weight excluding hydrogens is 362 g/mol. The first-order valence-electron chi connectivity index (χ1n) is 9.87. The minimum absolute atomic E-state index is 0.0578. The molecule has 0 bridgehead atoms. The molecule has 1 aromatic heterocycles. The van der Waals surface area contributed by atoms with Crippen LogP contribution in [0.25, 0.3) is 0 Å². The van der Waals surface area contributed by atoms with Gasteiger partial charge < -0.3 is 19.3 Å². The van der Waals surface area contributed by atoms with Gasteiger partial charge in [-0.1, -0.05) is 0 Å². The molecule has 2 aliphatic heterocycles. The molecule has 0 atom stereocenters. The Labute approximate surface area is 165 Å². The Hall–Kier alpha value is -2.10. The summed E-state index contributed by atoms with van der Waals surface area (Å²) in [4.78, 5) is 39.6. The van der Waals surface area contributed by atoms with E-state index >= 15 is 0 Å². The van der Waals surface area contributed by atoms with E-state index in [1.165, 1.54) is 6.20 Å². The Morgan fingerprint density at radius 2 is 1.68 bits per heavy atom. The molecule has 0 spiro atoms. The highest BCUT2D eigenvalue weighted by atomic mass is 16.5. The van der Waals surface area contributed by atoms with Gasteiger partial charge in [0.25, 0.3) is 5.91 Å². The van der Waals surface area contributed by atoms with Crippen molar-refractivity contribution < 1.29 is 19.1 Å². The van der Waals surface area contributed by atoms with Gasteiger partial charge in [0.15, 0.2) is 0 Å². The summed E-state index contributed by atoms with van der Waals surface area (Å²) >= 11 is 0. The van der Waals surface area contributed by atoms with Gasteiger partial charge in [0.2, 0.25) is 5.91 Å². The van der Waals surface area contributed by atoms with Crippen molar-refractivity contribution in [1.82, 2.24) is 24.7 Å². The van der Waals surface area contributed by atoms with Crippen LogP contribution in [0, 0.1) is 6.92 Å². The SMILES string of the molecule is Cc1cnc(C(=O)N(CCC(=O)N2CCOCC2)CCN2CCOCC2)cn1. The van der Waals surface area contributed by atoms with Crippen LogP contribution in [0.3, 0.4) is 0 Å². The Kier molecular flexibility index (Phi) is 7.70. The Balaban J connectivity index is 1.59. The third kappa shape index (κ3) is 5.95. The summed E-state index contributed by atoms with van der Waals surface area (Å²) in [6.07, 6.45) is 3.39. The number of aryl methyl sites for hydroxylation is 1. The summed E-state index contributed by atoms with van der Waals surface area (Å²) in [6, 6.07) is 0. The lowest BCUT2D eigenvalue weighted by atomic mass is 10.2. The Morgan fingerprint density at radius 1 is 1.00 bits per heavy atom. The fraction of sp³-hybridized carbons (Fsp3) is 0.684. The van der Waals surface area contributed by atoms with Crippen molar-refractivity contribution in [3.05, 3.63) is 23.8 Å². The third-order valence-corrected chi connectivity index (χ3v) is 5.04. The molecule has 9 nitrogen and oxygen atoms in total. The van der Waals surface area contributed by atoms with E-state index in [0.717, 1.165) is 25.3 Å². The quantitative estimate of drug-likeness (QED) is 0.636. The van der Waals surface area contributed by atoms with Crippen molar-refractivity contribution in [2.24, 2.45) is 0 Å². The van der Waals surface area contributed by atoms with E-state index in [1.807, 2.05) is 6.92 Å². The first-order valence-corrected chi connectivity index (χ1v) is 9.87. The molecule has 0 aliphatic carbocycles. The number of amides is 2. The normalized spacial score (nSPS) is 18.1. The van der Waals surface area contributed by atoms with Crippen LogP contribution < -0.4 is 0 Å². The maximum atomic E-state index is 13.0. The number of morpholine rings is 2. The van der Waals surface area contributed by atoms with Gasteiger partial charge in [-0.15, -0.1) is 0 Å². The van der Waals surface area contributed by atoms with Crippen LogP contribution in [0.15, 0.2) is 12.4 Å². The van der Waals surface area contributed by atoms with Crippen molar-refractivity contribution >= 4 is 11.8 Å². The smallest absolute Gasteiger partial charge is 0.274 e. The van der Waals surface area contributed by atoms with Gasteiger partial charge in [-0.05, 0) is 6.92 Å². The van der Waals surface area contributed by atoms with Crippen molar-refractivity contribution in [3.8, 4) is 0 Å². The van der Waals surface area contributed by atoms with Crippen LogP contribution >= 0.6 is 0 Å². The van der Waals surface area contributed by atoms with Crippen LogP contribution in [0.1, 0.15) is 22.6 Å². The molecule has 0 unspecified atom stereocenters. The zero-order valence-electron chi connectivity index (χ0n) is 16.5. The fourth-order valence-electron chi connectivity index (χ4n) is 3.27. The van der Waals surface area contributed by atoms with Gasteiger partial charge in [0, 0.05) is 58.4 Å². The predicted molar refractivity (Wildman–Crippen MR) is 102 cm³/mol. The highest BCUT2D eigenvalue weighted by Gasteiger charge is 2.22. The van der Waals surface area contributed by atoms with Crippen LogP contribution in [-0.2, 0) is 14.3 Å². The van der Waals surface area contributed by atoms with E-state index in [2.05, 4.69) is 14.9 Å². The molecule has 0 N–H and O–H groups in total. The van der Waals surface area contributed by atoms with Gasteiger partial charge in [-0.25, -0.2) is 4.98 Å². The molecule has 28 heavy (non-hydrogen) atoms. The van der Waals surface area contributed by atoms with Crippen molar-refractivity contribution in [2.75, 3.05) is 72.2 Å². The standard InChI is InChI=1S/C19H29N5O4/c1-16-14-21-17(15-20-16)19(26)24(5-4-22-6-10-27-11-7-22)3-2-18(25)23-8-12-28-13-9-23/h14-15H,2-13H2,1H3. The van der Waals surface area contributed by atoms with E-state index in [9.17, 15) is 9.59 Å². The molecule has 2 fully saturated rings. The van der Waals surface area contributed by atoms with Crippen LogP contribution in [0.5, 0.6) is 0 Å². The second-order valence-corrected chi connectivity index (χ2v) is 7.03. The number of hydrogen-bond acceptors (Lipinski definition) is 7. The summed E-state index contributed by atoms with van der Waals surface area (Å²) in [6.45, 7) is 9.03. The average Bonchev–Trinajstić information content (AvgIpc) is 2.75. The zero-order valence-corrected chi connectivity index (χ0v) is 16.5. The summed E-state index contributed by atoms with van der Waals surface area (Å²) in [5.74, 6) is -0.127. The van der Waals surface area contributed by atoms with Gasteiger partial charge >= 0.3 is 0 Å². The average molecular weight is 391 g/mol. The van der Waals surface area contributed by atoms with Crippen LogP contribution in [0.2, 0.25) is 0 Å². The monoisotopic (exact) mass is 391 g/mol. The molecule has 0 saturated carbocycles. The maximum absolute atomic E-state index is 13.0. The van der Waals surface area contributed by atoms with Crippen molar-refractivity contribution in [1.29, 1.82) is 0 Å². The number of nitrogens with zero attached hydrogens (tertiary/aromatic N) is 5. The number of aromatic nitrogens is 2.